The summed E-state index contributed by atoms with van der Waals surface area (Å²) in [5.41, 5.74) is 1.13. The fraction of sp³-hybridized carbons (Fsp3) is 0.757. The summed E-state index contributed by atoms with van der Waals surface area (Å²) < 4.78 is 11.8. The van der Waals surface area contributed by atoms with E-state index in [2.05, 4.69) is 36.3 Å². The van der Waals surface area contributed by atoms with Gasteiger partial charge in [0.15, 0.2) is 12.4 Å². The van der Waals surface area contributed by atoms with Crippen LogP contribution in [0.4, 0.5) is 4.79 Å². The molecule has 2 aliphatic rings. The molecule has 266 valence electrons. The minimum Gasteiger partial charge on any atom is -0.482 e. The molecule has 0 saturated heterocycles. The van der Waals surface area contributed by atoms with E-state index in [1.807, 2.05) is 12.1 Å². The fourth-order valence-corrected chi connectivity index (χ4v) is 7.59. The Balaban J connectivity index is 1.59. The van der Waals surface area contributed by atoms with Crippen molar-refractivity contribution >= 4 is 30.5 Å². The van der Waals surface area contributed by atoms with Crippen molar-refractivity contribution in [2.75, 3.05) is 25.4 Å². The van der Waals surface area contributed by atoms with Gasteiger partial charge in [0.25, 0.3) is 0 Å². The molecule has 1 aromatic carbocycles. The van der Waals surface area contributed by atoms with E-state index in [9.17, 15) is 19.5 Å². The van der Waals surface area contributed by atoms with Gasteiger partial charge < -0.3 is 30.3 Å². The van der Waals surface area contributed by atoms with Gasteiger partial charge in [0.2, 0.25) is 0 Å². The molecule has 0 spiro atoms. The Morgan fingerprint density at radius 2 is 1.79 bits per heavy atom. The molecular formula is C37H60N2O7S. The molecule has 4 N–H and O–H groups in total. The number of ether oxygens (including phenoxy) is 2. The summed E-state index contributed by atoms with van der Waals surface area (Å²) in [5, 5.41) is 26.2. The highest BCUT2D eigenvalue weighted by atomic mass is 32.1. The van der Waals surface area contributed by atoms with Gasteiger partial charge >= 0.3 is 12.1 Å². The van der Waals surface area contributed by atoms with E-state index in [1.165, 1.54) is 12.8 Å². The van der Waals surface area contributed by atoms with Crippen molar-refractivity contribution in [2.24, 2.45) is 17.8 Å². The van der Waals surface area contributed by atoms with Gasteiger partial charge in [-0.05, 0) is 125 Å². The molecular weight excluding hydrogens is 616 g/mol. The van der Waals surface area contributed by atoms with Crippen LogP contribution in [-0.2, 0) is 27.2 Å². The topological polar surface area (TPSA) is 134 Å². The summed E-state index contributed by atoms with van der Waals surface area (Å²) in [7, 11) is 0. The second-order valence-corrected chi connectivity index (χ2v) is 14.6. The summed E-state index contributed by atoms with van der Waals surface area (Å²) in [5.74, 6) is 1.07. The number of carbonyl (C=O) groups is 3. The number of amides is 1. The van der Waals surface area contributed by atoms with Crippen molar-refractivity contribution in [3.05, 3.63) is 29.3 Å². The highest BCUT2D eigenvalue weighted by Gasteiger charge is 2.47. The van der Waals surface area contributed by atoms with Crippen LogP contribution in [0.1, 0.15) is 115 Å². The van der Waals surface area contributed by atoms with E-state index in [1.54, 1.807) is 13.8 Å². The average molecular weight is 677 g/mol. The zero-order valence-corrected chi connectivity index (χ0v) is 29.8. The van der Waals surface area contributed by atoms with Crippen LogP contribution >= 0.6 is 12.6 Å². The highest BCUT2D eigenvalue weighted by molar-refractivity contribution is 7.80. The number of thiol groups is 1. The second kappa shape index (κ2) is 20.3. The number of alkyl carbamates (subject to hydrolysis) is 1. The van der Waals surface area contributed by atoms with Gasteiger partial charge in [-0.25, -0.2) is 9.59 Å². The largest absolute Gasteiger partial charge is 0.482 e. The van der Waals surface area contributed by atoms with Crippen LogP contribution in [-0.4, -0.2) is 71.3 Å². The number of hydrogen-bond acceptors (Lipinski definition) is 8. The summed E-state index contributed by atoms with van der Waals surface area (Å²) in [6, 6.07) is 5.80. The number of carboxylic acid groups (broad SMARTS) is 1. The first-order valence-electron chi connectivity index (χ1n) is 18.0. The fourth-order valence-electron chi connectivity index (χ4n) is 7.36. The first kappa shape index (κ1) is 39.1. The van der Waals surface area contributed by atoms with Gasteiger partial charge in [-0.2, -0.15) is 12.6 Å². The normalized spacial score (nSPS) is 21.0. The van der Waals surface area contributed by atoms with Crippen LogP contribution in [0.2, 0.25) is 0 Å². The predicted molar refractivity (Wildman–Crippen MR) is 188 cm³/mol. The number of aliphatic hydroxyl groups excluding tert-OH is 1. The molecule has 1 amide bonds. The van der Waals surface area contributed by atoms with Crippen LogP contribution in [0.15, 0.2) is 18.2 Å². The van der Waals surface area contributed by atoms with Gasteiger partial charge in [0.1, 0.15) is 11.9 Å². The Hall–Kier alpha value is -2.30. The molecule has 0 heterocycles. The van der Waals surface area contributed by atoms with Crippen molar-refractivity contribution in [1.29, 1.82) is 0 Å². The van der Waals surface area contributed by atoms with Crippen molar-refractivity contribution in [1.82, 2.24) is 10.6 Å². The van der Waals surface area contributed by atoms with E-state index in [-0.39, 0.29) is 35.7 Å². The lowest BCUT2D eigenvalue weighted by Crippen LogP contribution is -2.50. The zero-order valence-electron chi connectivity index (χ0n) is 28.9. The molecule has 10 heteroatoms. The number of aliphatic carboxylic acids is 1. The number of aliphatic hydroxyl groups is 1. The summed E-state index contributed by atoms with van der Waals surface area (Å²) in [6.45, 7) is 6.94. The number of benzene rings is 1. The average Bonchev–Trinajstić information content (AvgIpc) is 3.35. The zero-order chi connectivity index (χ0) is 34.2. The van der Waals surface area contributed by atoms with E-state index in [4.69, 9.17) is 14.6 Å². The summed E-state index contributed by atoms with van der Waals surface area (Å²) in [6.07, 6.45) is 12.0. The Kier molecular flexibility index (Phi) is 16.9. The van der Waals surface area contributed by atoms with Crippen LogP contribution in [0.25, 0.3) is 0 Å². The van der Waals surface area contributed by atoms with E-state index < -0.39 is 24.2 Å². The number of carboxylic acids is 1. The molecule has 0 radical (unpaired) electrons. The maximum Gasteiger partial charge on any atom is 0.408 e. The Labute approximate surface area is 287 Å². The third-order valence-electron chi connectivity index (χ3n) is 10.0. The predicted octanol–water partition coefficient (Wildman–Crippen LogP) is 6.52. The van der Waals surface area contributed by atoms with Crippen LogP contribution in [0, 0.1) is 17.8 Å². The number of ketones is 1. The lowest BCUT2D eigenvalue weighted by atomic mass is 9.73. The molecule has 1 aromatic rings. The Morgan fingerprint density at radius 3 is 2.53 bits per heavy atom. The summed E-state index contributed by atoms with van der Waals surface area (Å²) in [4.78, 5) is 37.5. The molecule has 47 heavy (non-hydrogen) atoms. The van der Waals surface area contributed by atoms with Crippen molar-refractivity contribution in [3.63, 3.8) is 0 Å². The molecule has 5 atom stereocenters. The molecule has 2 aliphatic carbocycles. The smallest absolute Gasteiger partial charge is 0.408 e. The molecule has 0 aromatic heterocycles. The van der Waals surface area contributed by atoms with Gasteiger partial charge in [0.05, 0.1) is 11.6 Å². The van der Waals surface area contributed by atoms with Crippen molar-refractivity contribution < 1.29 is 34.1 Å². The van der Waals surface area contributed by atoms with E-state index in [0.717, 1.165) is 87.8 Å². The molecule has 0 aliphatic heterocycles. The standard InChI is InChI=1S/C37H60N2O7S/c1-4-5-8-14-28(40)17-18-29-30-22-26-13-11-15-32(45-25-35(42)43)31(26)23-27(30)24-33(29)46-36(44)39-37(2,3)34(41)16-12-20-38-19-9-6-7-10-21-47/h11,13,15,27-30,33,38,40,47H,4-10,12,14,16-25H2,1-3H3,(H,39,44)(H,42,43)/t27-,28-,29+,30-,33+/m0/s1. The molecule has 0 bridgehead atoms. The van der Waals surface area contributed by atoms with Crippen molar-refractivity contribution in [3.8, 4) is 5.75 Å². The lowest BCUT2D eigenvalue weighted by molar-refractivity contribution is -0.139. The molecule has 1 fully saturated rings. The van der Waals surface area contributed by atoms with Gasteiger partial charge in [-0.1, -0.05) is 51.2 Å². The second-order valence-electron chi connectivity index (χ2n) is 14.1. The third-order valence-corrected chi connectivity index (χ3v) is 10.4. The van der Waals surface area contributed by atoms with E-state index >= 15 is 0 Å². The SMILES string of the molecule is CCCCC[C@H](O)CC[C@@H]1[C@H]2Cc3cccc(OCC(=O)O)c3C[C@H]2C[C@H]1OC(=O)NC(C)(C)C(=O)CCCNCCCCCCS. The van der Waals surface area contributed by atoms with E-state index in [0.29, 0.717) is 31.4 Å². The Morgan fingerprint density at radius 1 is 1.02 bits per heavy atom. The van der Waals surface area contributed by atoms with Gasteiger partial charge in [-0.3, -0.25) is 4.79 Å². The van der Waals surface area contributed by atoms with Crippen molar-refractivity contribution in [2.45, 2.75) is 135 Å². The molecule has 3 rings (SSSR count). The minimum atomic E-state index is -1.05. The molecule has 1 saturated carbocycles. The van der Waals surface area contributed by atoms with Crippen LogP contribution in [0.5, 0.6) is 5.75 Å². The number of unbranched alkanes of at least 4 members (excludes halogenated alkanes) is 5. The van der Waals surface area contributed by atoms with Gasteiger partial charge in [-0.15, -0.1) is 0 Å². The maximum atomic E-state index is 13.3. The highest BCUT2D eigenvalue weighted by Crippen LogP contribution is 2.49. The lowest BCUT2D eigenvalue weighted by Gasteiger charge is -2.33. The molecule has 9 nitrogen and oxygen atoms in total. The first-order valence-corrected chi connectivity index (χ1v) is 18.7. The maximum absolute atomic E-state index is 13.3. The number of Topliss-reactive ketones (excluding diaryl/α,β-unsaturated/α-hetero) is 1. The first-order chi connectivity index (χ1) is 22.6. The van der Waals surface area contributed by atoms with Crippen LogP contribution < -0.4 is 15.4 Å². The number of nitrogens with one attached hydrogen (secondary N) is 2. The minimum absolute atomic E-state index is 0.0267. The number of fused-ring (bicyclic) bond motifs is 2. The Bertz CT molecular complexity index is 1130. The monoisotopic (exact) mass is 676 g/mol. The van der Waals surface area contributed by atoms with Gasteiger partial charge in [0, 0.05) is 6.42 Å². The number of rotatable bonds is 23. The molecule has 0 unspecified atom stereocenters. The quantitative estimate of drug-likeness (QED) is 0.0653. The van der Waals surface area contributed by atoms with Crippen LogP contribution in [0.3, 0.4) is 0 Å². The number of hydrogen-bond donors (Lipinski definition) is 5. The number of carbonyl (C=O) groups excluding carboxylic acids is 2. The summed E-state index contributed by atoms with van der Waals surface area (Å²) >= 11 is 4.25. The third kappa shape index (κ3) is 12.9.